The minimum atomic E-state index is -1.66. The Morgan fingerprint density at radius 2 is 1.88 bits per heavy atom. The van der Waals surface area contributed by atoms with Crippen molar-refractivity contribution in [2.45, 2.75) is 26.8 Å². The van der Waals surface area contributed by atoms with Crippen molar-refractivity contribution in [1.29, 1.82) is 10.5 Å². The maximum Gasteiger partial charge on any atom is 0.123 e. The summed E-state index contributed by atoms with van der Waals surface area (Å²) in [6, 6.07) is 15.4. The first-order valence-corrected chi connectivity index (χ1v) is 12.6. The summed E-state index contributed by atoms with van der Waals surface area (Å²) in [7, 11) is 0. The first kappa shape index (κ1) is 25.1. The van der Waals surface area contributed by atoms with Crippen molar-refractivity contribution in [2.75, 3.05) is 22.2 Å². The topological polar surface area (TPSA) is 125 Å². The van der Waals surface area contributed by atoms with Gasteiger partial charge in [-0.3, -0.25) is 15.0 Å². The van der Waals surface area contributed by atoms with Gasteiger partial charge in [-0.25, -0.2) is 4.39 Å². The van der Waals surface area contributed by atoms with Crippen molar-refractivity contribution in [1.82, 2.24) is 20.9 Å². The summed E-state index contributed by atoms with van der Waals surface area (Å²) in [5, 5.41) is 28.7. The molecule has 9 nitrogen and oxygen atoms in total. The fraction of sp³-hybridized carbons (Fsp3) is 0.200. The van der Waals surface area contributed by atoms with Crippen LogP contribution in [-0.4, -0.2) is 16.5 Å². The van der Waals surface area contributed by atoms with Gasteiger partial charge in [-0.05, 0) is 47.4 Å². The Balaban J connectivity index is 1.64. The molecule has 4 N–H and O–H groups in total. The van der Waals surface area contributed by atoms with Crippen LogP contribution >= 0.6 is 0 Å². The zero-order valence-corrected chi connectivity index (χ0v) is 22.2. The summed E-state index contributed by atoms with van der Waals surface area (Å²) in [5.74, 6) is -0.429. The summed E-state index contributed by atoms with van der Waals surface area (Å²) in [6.07, 6.45) is 6.49. The van der Waals surface area contributed by atoms with Gasteiger partial charge < -0.3 is 16.1 Å². The van der Waals surface area contributed by atoms with Gasteiger partial charge in [-0.2, -0.15) is 10.5 Å². The van der Waals surface area contributed by atoms with Crippen molar-refractivity contribution >= 4 is 28.0 Å². The summed E-state index contributed by atoms with van der Waals surface area (Å²) in [5.41, 5.74) is 9.62. The van der Waals surface area contributed by atoms with Gasteiger partial charge in [0, 0.05) is 36.2 Å². The van der Waals surface area contributed by atoms with Crippen LogP contribution in [0.15, 0.2) is 79.0 Å². The van der Waals surface area contributed by atoms with Crippen molar-refractivity contribution in [3.8, 4) is 12.1 Å². The molecule has 40 heavy (non-hydrogen) atoms. The smallest absolute Gasteiger partial charge is 0.123 e. The van der Waals surface area contributed by atoms with Crippen LogP contribution in [0, 0.1) is 33.9 Å². The van der Waals surface area contributed by atoms with E-state index in [1.54, 1.807) is 41.8 Å². The number of nitrogens with zero attached hydrogens (tertiary/aromatic N) is 5. The number of hydrogen-bond donors (Lipinski definition) is 4. The number of halogens is 1. The van der Waals surface area contributed by atoms with E-state index in [2.05, 4.69) is 64.5 Å². The molecule has 0 aliphatic carbocycles. The van der Waals surface area contributed by atoms with E-state index >= 15 is 0 Å². The average molecular weight is 535 g/mol. The van der Waals surface area contributed by atoms with Gasteiger partial charge >= 0.3 is 0 Å². The largest absolute Gasteiger partial charge is 0.383 e. The van der Waals surface area contributed by atoms with Gasteiger partial charge in [0.1, 0.15) is 18.0 Å². The fourth-order valence-electron chi connectivity index (χ4n) is 4.22. The average Bonchev–Trinajstić information content (AvgIpc) is 3.47. The number of nitriles is 2. The van der Waals surface area contributed by atoms with E-state index in [-0.39, 0.29) is 11.0 Å². The molecule has 0 saturated heterocycles. The van der Waals surface area contributed by atoms with Crippen LogP contribution in [0.25, 0.3) is 10.9 Å². The molecule has 0 amide bonds. The van der Waals surface area contributed by atoms with Crippen LogP contribution < -0.4 is 26.6 Å². The number of anilines is 3. The van der Waals surface area contributed by atoms with Gasteiger partial charge in [0.05, 0.1) is 47.3 Å². The molecule has 3 heterocycles. The Labute approximate surface area is 233 Å². The molecule has 1 aliphatic heterocycles. The molecule has 1 atom stereocenters. The first-order valence-electron chi connectivity index (χ1n) is 13.1. The highest BCUT2D eigenvalue weighted by molar-refractivity contribution is 5.99. The second-order valence-electron chi connectivity index (χ2n) is 10.5. The normalized spacial score (nSPS) is 14.8. The third kappa shape index (κ3) is 5.63. The van der Waals surface area contributed by atoms with Crippen LogP contribution in [-0.2, 0) is 0 Å². The second-order valence-corrected chi connectivity index (χ2v) is 10.5. The maximum absolute atomic E-state index is 13.9. The van der Waals surface area contributed by atoms with Crippen LogP contribution in [0.4, 0.5) is 21.5 Å². The summed E-state index contributed by atoms with van der Waals surface area (Å²) in [4.78, 5) is 8.55. The predicted octanol–water partition coefficient (Wildman–Crippen LogP) is 5.49. The van der Waals surface area contributed by atoms with Crippen LogP contribution in [0.1, 0.15) is 44.9 Å². The number of rotatable bonds is 7. The van der Waals surface area contributed by atoms with Crippen LogP contribution in [0.3, 0.4) is 0 Å². The molecule has 200 valence electrons. The lowest BCUT2D eigenvalue weighted by Crippen LogP contribution is -2.37. The van der Waals surface area contributed by atoms with Gasteiger partial charge in [-0.1, -0.05) is 32.9 Å². The molecule has 4 aromatic rings. The lowest BCUT2D eigenvalue weighted by atomic mass is 9.96. The highest BCUT2D eigenvalue weighted by Crippen LogP contribution is 2.34. The van der Waals surface area contributed by atoms with E-state index in [1.165, 1.54) is 30.5 Å². The van der Waals surface area contributed by atoms with Crippen molar-refractivity contribution < 1.29 is 5.76 Å². The van der Waals surface area contributed by atoms with Gasteiger partial charge in [0.25, 0.3) is 0 Å². The van der Waals surface area contributed by atoms with Crippen LogP contribution in [0.5, 0.6) is 0 Å². The molecule has 0 radical (unpaired) electrons. The Morgan fingerprint density at radius 3 is 2.55 bits per heavy atom. The Morgan fingerprint density at radius 1 is 1.10 bits per heavy atom. The third-order valence-corrected chi connectivity index (χ3v) is 6.17. The molecule has 0 spiro atoms. The standard InChI is InChI=1S/C30H28FN9/c1-30(2,3)18-36-28-21(14-33)15-35-27-20(13-32)11-23(12-25(27)28)37-29(19-6-8-22(31)9-7-19)26-17-40(39-38-26)24-5-4-10-34-16-24/h4-12,15-17,29,37-39H,18H2,1-3H3,(H,35,36)/t29-/m1/s1/i29D. The summed E-state index contributed by atoms with van der Waals surface area (Å²) in [6.45, 7) is 6.80. The Bertz CT molecular complexity index is 1700. The highest BCUT2D eigenvalue weighted by atomic mass is 19.1. The molecule has 2 aromatic carbocycles. The molecule has 2 aromatic heterocycles. The monoisotopic (exact) mass is 534 g/mol. The second kappa shape index (κ2) is 10.9. The molecule has 0 saturated carbocycles. The molecular formula is C30H28FN9. The lowest BCUT2D eigenvalue weighted by Gasteiger charge is -2.23. The zero-order valence-electron chi connectivity index (χ0n) is 23.2. The molecule has 5 rings (SSSR count). The van der Waals surface area contributed by atoms with Crippen LogP contribution in [0.2, 0.25) is 0 Å². The van der Waals surface area contributed by atoms with E-state index < -0.39 is 11.8 Å². The van der Waals surface area contributed by atoms with Crippen molar-refractivity contribution in [2.24, 2.45) is 5.41 Å². The maximum atomic E-state index is 13.9. The van der Waals surface area contributed by atoms with E-state index in [0.717, 1.165) is 5.69 Å². The minimum Gasteiger partial charge on any atom is -0.383 e. The Kier molecular flexibility index (Phi) is 6.84. The lowest BCUT2D eigenvalue weighted by molar-refractivity contribution is 0.443. The number of fused-ring (bicyclic) bond motifs is 1. The van der Waals surface area contributed by atoms with Gasteiger partial charge in [0.15, 0.2) is 0 Å². The number of aromatic nitrogens is 2. The van der Waals surface area contributed by atoms with Gasteiger partial charge in [-0.15, -0.1) is 5.53 Å². The van der Waals surface area contributed by atoms with E-state index in [4.69, 9.17) is 0 Å². The Hall–Kier alpha value is -5.19. The summed E-state index contributed by atoms with van der Waals surface area (Å²) >= 11 is 0. The summed E-state index contributed by atoms with van der Waals surface area (Å²) < 4.78 is 23.5. The number of pyridine rings is 2. The molecular weight excluding hydrogens is 505 g/mol. The minimum absolute atomic E-state index is 0.0804. The predicted molar refractivity (Wildman–Crippen MR) is 153 cm³/mol. The van der Waals surface area contributed by atoms with E-state index in [9.17, 15) is 16.3 Å². The number of hydrazine groups is 2. The van der Waals surface area contributed by atoms with Crippen molar-refractivity contribution in [3.05, 3.63) is 102 Å². The van der Waals surface area contributed by atoms with Crippen molar-refractivity contribution in [3.63, 3.8) is 0 Å². The molecule has 10 heteroatoms. The number of nitrogens with one attached hydrogen (secondary N) is 4. The quantitative estimate of drug-likeness (QED) is 0.243. The van der Waals surface area contributed by atoms with E-state index in [1.807, 2.05) is 6.07 Å². The van der Waals surface area contributed by atoms with Gasteiger partial charge in [0.2, 0.25) is 0 Å². The highest BCUT2D eigenvalue weighted by Gasteiger charge is 2.24. The molecule has 0 fully saturated rings. The number of hydrogen-bond acceptors (Lipinski definition) is 9. The third-order valence-electron chi connectivity index (χ3n) is 6.17. The molecule has 1 aliphatic rings. The first-order chi connectivity index (χ1) is 19.6. The molecule has 0 unspecified atom stereocenters. The zero-order chi connectivity index (χ0) is 29.2. The SMILES string of the molecule is [2H][C@](Nc1cc(C#N)c2ncc(C#N)c(NCC(C)(C)C)c2c1)(C1=CN(c2cccnc2)NN1)c1ccc(F)cc1. The number of benzene rings is 2. The van der Waals surface area contributed by atoms with E-state index in [0.29, 0.717) is 45.6 Å². The molecule has 0 bridgehead atoms. The fourth-order valence-corrected chi connectivity index (χ4v) is 4.22.